The number of benzene rings is 1. The smallest absolute Gasteiger partial charge is 0.418 e. The van der Waals surface area contributed by atoms with Gasteiger partial charge in [0, 0.05) is 18.2 Å². The van der Waals surface area contributed by atoms with Crippen molar-refractivity contribution in [2.24, 2.45) is 0 Å². The Labute approximate surface area is 165 Å². The van der Waals surface area contributed by atoms with Crippen molar-refractivity contribution in [2.45, 2.75) is 37.5 Å². The van der Waals surface area contributed by atoms with Crippen molar-refractivity contribution in [2.75, 3.05) is 20.2 Å². The molecule has 0 bridgehead atoms. The topological polar surface area (TPSA) is 75.8 Å². The molecule has 0 radical (unpaired) electrons. The number of nitrogens with zero attached hydrogens (tertiary/aromatic N) is 2. The van der Waals surface area contributed by atoms with Crippen molar-refractivity contribution in [3.8, 4) is 5.75 Å². The highest BCUT2D eigenvalue weighted by atomic mass is 19.4. The molecule has 1 aromatic rings. The Hall–Kier alpha value is -2.62. The summed E-state index contributed by atoms with van der Waals surface area (Å²) in [5.74, 6) is -0.457. The number of nitro groups is 1. The molecule has 6 nitrogen and oxygen atoms in total. The van der Waals surface area contributed by atoms with Crippen LogP contribution in [0.15, 0.2) is 42.2 Å². The second kappa shape index (κ2) is 8.02. The summed E-state index contributed by atoms with van der Waals surface area (Å²) in [5, 5.41) is 21.5. The molecular formula is C19H22F4N2O4. The highest BCUT2D eigenvalue weighted by Crippen LogP contribution is 2.44. The first-order valence-electron chi connectivity index (χ1n) is 8.69. The predicted octanol–water partition coefficient (Wildman–Crippen LogP) is 3.79. The van der Waals surface area contributed by atoms with Crippen molar-refractivity contribution >= 4 is 0 Å². The van der Waals surface area contributed by atoms with Gasteiger partial charge in [-0.2, -0.15) is 13.2 Å². The molecule has 0 aromatic heterocycles. The van der Waals surface area contributed by atoms with E-state index in [1.165, 1.54) is 39.2 Å². The molecule has 1 N–H and O–H groups in total. The lowest BCUT2D eigenvalue weighted by atomic mass is 9.74. The maximum atomic E-state index is 13.9. The molecule has 10 heteroatoms. The third-order valence-corrected chi connectivity index (χ3v) is 4.77. The SMILES string of the molecule is COc1ccc(F)cc1C(C)(C)CC(O)(CN1C=C([N+](=O)[O-])C=CC1)C(F)(F)F. The number of allylic oxidation sites excluding steroid dienone is 1. The van der Waals surface area contributed by atoms with Crippen LogP contribution in [0.3, 0.4) is 0 Å². The zero-order chi connectivity index (χ0) is 22.0. The monoisotopic (exact) mass is 418 g/mol. The van der Waals surface area contributed by atoms with Crippen LogP contribution in [0.25, 0.3) is 0 Å². The summed E-state index contributed by atoms with van der Waals surface area (Å²) in [4.78, 5) is 11.2. The first kappa shape index (κ1) is 22.7. The number of alkyl halides is 3. The quantitative estimate of drug-likeness (QED) is 0.414. The predicted molar refractivity (Wildman–Crippen MR) is 97.4 cm³/mol. The van der Waals surface area contributed by atoms with Crippen LogP contribution in [-0.2, 0) is 5.41 Å². The number of ether oxygens (including phenoxy) is 1. The minimum atomic E-state index is -5.03. The maximum Gasteiger partial charge on any atom is 0.418 e. The van der Waals surface area contributed by atoms with Crippen molar-refractivity contribution in [3.63, 3.8) is 0 Å². The lowest BCUT2D eigenvalue weighted by molar-refractivity contribution is -0.420. The molecule has 0 spiro atoms. The van der Waals surface area contributed by atoms with E-state index in [1.807, 2.05) is 0 Å². The van der Waals surface area contributed by atoms with Crippen molar-refractivity contribution in [1.82, 2.24) is 4.90 Å². The van der Waals surface area contributed by atoms with Gasteiger partial charge in [-0.05, 0) is 30.0 Å². The second-order valence-electron chi connectivity index (χ2n) is 7.58. The zero-order valence-electron chi connectivity index (χ0n) is 16.2. The Balaban J connectivity index is 2.39. The van der Waals surface area contributed by atoms with Gasteiger partial charge in [0.2, 0.25) is 0 Å². The van der Waals surface area contributed by atoms with Crippen LogP contribution < -0.4 is 4.74 Å². The van der Waals surface area contributed by atoms with E-state index in [-0.39, 0.29) is 23.6 Å². The van der Waals surface area contributed by atoms with E-state index < -0.39 is 40.9 Å². The zero-order valence-corrected chi connectivity index (χ0v) is 16.2. The molecule has 1 aliphatic heterocycles. The summed E-state index contributed by atoms with van der Waals surface area (Å²) in [6.45, 7) is 1.93. The summed E-state index contributed by atoms with van der Waals surface area (Å²) in [5.41, 5.74) is -4.76. The summed E-state index contributed by atoms with van der Waals surface area (Å²) >= 11 is 0. The highest BCUT2D eigenvalue weighted by molar-refractivity contribution is 5.39. The fourth-order valence-electron chi connectivity index (χ4n) is 3.43. The molecule has 0 fully saturated rings. The molecule has 1 atom stereocenters. The van der Waals surface area contributed by atoms with Gasteiger partial charge in [0.1, 0.15) is 11.6 Å². The Morgan fingerprint density at radius 3 is 2.52 bits per heavy atom. The van der Waals surface area contributed by atoms with Crippen LogP contribution in [0.4, 0.5) is 17.6 Å². The van der Waals surface area contributed by atoms with Gasteiger partial charge in [0.05, 0.1) is 24.8 Å². The second-order valence-corrected chi connectivity index (χ2v) is 7.58. The lowest BCUT2D eigenvalue weighted by Crippen LogP contribution is -2.55. The minimum absolute atomic E-state index is 0.0283. The number of halogens is 4. The van der Waals surface area contributed by atoms with Crippen molar-refractivity contribution in [3.05, 3.63) is 63.7 Å². The summed E-state index contributed by atoms with van der Waals surface area (Å²) in [7, 11) is 1.31. The fraction of sp³-hybridized carbons (Fsp3) is 0.474. The molecule has 0 saturated carbocycles. The number of methoxy groups -OCH3 is 1. The lowest BCUT2D eigenvalue weighted by Gasteiger charge is -2.40. The van der Waals surface area contributed by atoms with E-state index in [0.29, 0.717) is 0 Å². The molecule has 2 rings (SSSR count). The third kappa shape index (κ3) is 5.06. The van der Waals surface area contributed by atoms with Gasteiger partial charge < -0.3 is 14.7 Å². The number of hydrogen-bond donors (Lipinski definition) is 1. The molecule has 1 unspecified atom stereocenters. The van der Waals surface area contributed by atoms with Crippen LogP contribution >= 0.6 is 0 Å². The average Bonchev–Trinajstić information content (AvgIpc) is 2.60. The first-order valence-corrected chi connectivity index (χ1v) is 8.69. The van der Waals surface area contributed by atoms with Crippen LogP contribution in [-0.4, -0.2) is 46.9 Å². The molecule has 1 aliphatic rings. The standard InChI is InChI=1S/C19H22F4N2O4/c1-17(2,15-9-13(20)6-7-16(15)29-3)11-18(26,19(21,22)23)12-24-8-4-5-14(10-24)25(27)28/h4-7,9-10,26H,8,11-12H2,1-3H3. The normalized spacial score (nSPS) is 17.0. The van der Waals surface area contributed by atoms with E-state index >= 15 is 0 Å². The van der Waals surface area contributed by atoms with E-state index in [1.54, 1.807) is 0 Å². The van der Waals surface area contributed by atoms with E-state index in [4.69, 9.17) is 4.74 Å². The van der Waals surface area contributed by atoms with Gasteiger partial charge in [-0.25, -0.2) is 4.39 Å². The Morgan fingerprint density at radius 1 is 1.31 bits per heavy atom. The highest BCUT2D eigenvalue weighted by Gasteiger charge is 2.57. The van der Waals surface area contributed by atoms with E-state index in [2.05, 4.69) is 0 Å². The van der Waals surface area contributed by atoms with E-state index in [0.717, 1.165) is 23.2 Å². The number of hydrogen-bond acceptors (Lipinski definition) is 5. The summed E-state index contributed by atoms with van der Waals surface area (Å²) < 4.78 is 60.5. The largest absolute Gasteiger partial charge is 0.496 e. The van der Waals surface area contributed by atoms with Gasteiger partial charge >= 0.3 is 6.18 Å². The molecule has 1 aromatic carbocycles. The molecule has 0 amide bonds. The number of rotatable bonds is 7. The molecule has 29 heavy (non-hydrogen) atoms. The van der Waals surface area contributed by atoms with Gasteiger partial charge in [-0.3, -0.25) is 10.1 Å². The van der Waals surface area contributed by atoms with Crippen LogP contribution in [0.5, 0.6) is 5.75 Å². The minimum Gasteiger partial charge on any atom is -0.496 e. The molecule has 1 heterocycles. The van der Waals surface area contributed by atoms with Crippen LogP contribution in [0.2, 0.25) is 0 Å². The Kier molecular flexibility index (Phi) is 6.27. The van der Waals surface area contributed by atoms with Gasteiger partial charge in [-0.15, -0.1) is 0 Å². The van der Waals surface area contributed by atoms with Crippen LogP contribution in [0, 0.1) is 15.9 Å². The third-order valence-electron chi connectivity index (χ3n) is 4.77. The van der Waals surface area contributed by atoms with Gasteiger partial charge in [0.25, 0.3) is 5.70 Å². The van der Waals surface area contributed by atoms with E-state index in [9.17, 15) is 32.8 Å². The van der Waals surface area contributed by atoms with Crippen LogP contribution in [0.1, 0.15) is 25.8 Å². The van der Waals surface area contributed by atoms with Gasteiger partial charge in [0.15, 0.2) is 5.60 Å². The van der Waals surface area contributed by atoms with Crippen molar-refractivity contribution in [1.29, 1.82) is 0 Å². The Bertz CT molecular complexity index is 836. The summed E-state index contributed by atoms with van der Waals surface area (Å²) in [6.07, 6.45) is -2.35. The summed E-state index contributed by atoms with van der Waals surface area (Å²) in [6, 6.07) is 3.50. The number of β-amino-alcohol motifs (C(OH)–C–C–N with tert-alkyl or cyclic N) is 1. The first-order chi connectivity index (χ1) is 13.3. The molecule has 160 valence electrons. The fourth-order valence-corrected chi connectivity index (χ4v) is 3.43. The Morgan fingerprint density at radius 2 is 1.97 bits per heavy atom. The van der Waals surface area contributed by atoms with Gasteiger partial charge in [-0.1, -0.05) is 19.9 Å². The maximum absolute atomic E-state index is 13.9. The molecular weight excluding hydrogens is 396 g/mol. The molecule has 0 saturated heterocycles. The number of aliphatic hydroxyl groups is 1. The molecule has 0 aliphatic carbocycles. The average molecular weight is 418 g/mol. The van der Waals surface area contributed by atoms with Crippen molar-refractivity contribution < 1.29 is 32.3 Å².